The number of fused-ring (bicyclic) bond motifs is 3. The van der Waals surface area contributed by atoms with E-state index < -0.39 is 0 Å². The lowest BCUT2D eigenvalue weighted by Gasteiger charge is -2.09. The molecule has 20 heavy (non-hydrogen) atoms. The Morgan fingerprint density at radius 3 is 2.90 bits per heavy atom. The summed E-state index contributed by atoms with van der Waals surface area (Å²) in [5, 5.41) is 1.16. The van der Waals surface area contributed by atoms with Gasteiger partial charge < -0.3 is 9.09 Å². The molecule has 104 valence electrons. The second-order valence-electron chi connectivity index (χ2n) is 4.81. The number of rotatable bonds is 5. The van der Waals surface area contributed by atoms with Gasteiger partial charge in [0, 0.05) is 27.8 Å². The van der Waals surface area contributed by atoms with E-state index in [0.717, 1.165) is 41.6 Å². The molecule has 3 aromatic rings. The third-order valence-corrected chi connectivity index (χ3v) is 3.70. The maximum Gasteiger partial charge on any atom is 0.110 e. The average molecular weight is 287 g/mol. The number of nitrogens with zero attached hydrogens (tertiary/aromatic N) is 3. The quantitative estimate of drug-likeness (QED) is 0.676. The number of benzene rings is 1. The lowest BCUT2D eigenvalue weighted by Crippen LogP contribution is -2.07. The van der Waals surface area contributed by atoms with Gasteiger partial charge in [0.25, 0.3) is 0 Å². The van der Waals surface area contributed by atoms with E-state index in [4.69, 9.17) is 9.51 Å². The predicted octanol–water partition coefficient (Wildman–Crippen LogP) is 3.34. The lowest BCUT2D eigenvalue weighted by atomic mass is 10.2. The van der Waals surface area contributed by atoms with E-state index in [9.17, 15) is 0 Å². The van der Waals surface area contributed by atoms with Gasteiger partial charge in [0.05, 0.1) is 23.8 Å². The van der Waals surface area contributed by atoms with E-state index in [0.29, 0.717) is 6.61 Å². The van der Waals surface area contributed by atoms with Gasteiger partial charge in [0.1, 0.15) is 11.3 Å². The van der Waals surface area contributed by atoms with Crippen LogP contribution in [0.1, 0.15) is 19.2 Å². The predicted molar refractivity (Wildman–Crippen MR) is 84.7 cm³/mol. The Hall–Kier alpha value is -1.51. The molecule has 1 unspecified atom stereocenters. The summed E-state index contributed by atoms with van der Waals surface area (Å²) in [6.07, 6.45) is 3.92. The highest BCUT2D eigenvalue weighted by Crippen LogP contribution is 2.25. The highest BCUT2D eigenvalue weighted by atomic mass is 31.0. The zero-order valence-electron chi connectivity index (χ0n) is 11.5. The molecule has 0 spiro atoms. The molecule has 2 aromatic heterocycles. The summed E-state index contributed by atoms with van der Waals surface area (Å²) in [5.74, 6) is 1.11. The van der Waals surface area contributed by atoms with Crippen LogP contribution in [0.2, 0.25) is 0 Å². The van der Waals surface area contributed by atoms with Crippen LogP contribution < -0.4 is 0 Å². The topological polar surface area (TPSA) is 39.9 Å². The molecular weight excluding hydrogens is 269 g/mol. The van der Waals surface area contributed by atoms with Crippen molar-refractivity contribution < 1.29 is 4.52 Å². The molecule has 0 bridgehead atoms. The van der Waals surface area contributed by atoms with Gasteiger partial charge in [0.2, 0.25) is 0 Å². The Labute approximate surface area is 120 Å². The molecule has 0 aliphatic rings. The number of hydrogen-bond acceptors (Lipinski definition) is 3. The standard InChI is InChI=1S/C15H18N3OP/c1-2-5-14-17-13-10-16-12-7-4-3-6-11(12)15(13)18(14)8-9-19-20/h3-4,6-7,10H,2,5,8-9,20H2,1H3. The third-order valence-electron chi connectivity index (χ3n) is 3.47. The van der Waals surface area contributed by atoms with Gasteiger partial charge in [-0.3, -0.25) is 4.98 Å². The fourth-order valence-corrected chi connectivity index (χ4v) is 2.71. The van der Waals surface area contributed by atoms with Gasteiger partial charge >= 0.3 is 0 Å². The Morgan fingerprint density at radius 2 is 2.10 bits per heavy atom. The van der Waals surface area contributed by atoms with E-state index in [2.05, 4.69) is 32.0 Å². The van der Waals surface area contributed by atoms with Gasteiger partial charge in [0.15, 0.2) is 0 Å². The summed E-state index contributed by atoms with van der Waals surface area (Å²) < 4.78 is 7.43. The number of hydrogen-bond donors (Lipinski definition) is 0. The SMILES string of the molecule is CCCc1nc2cnc3ccccc3c2n1CCOP. The summed E-state index contributed by atoms with van der Waals surface area (Å²) >= 11 is 0. The molecule has 0 saturated carbocycles. The molecule has 0 fully saturated rings. The number of imidazole rings is 1. The fourth-order valence-electron chi connectivity index (χ4n) is 2.61. The second-order valence-corrected chi connectivity index (χ2v) is 5.14. The maximum atomic E-state index is 5.16. The van der Waals surface area contributed by atoms with Crippen LogP contribution in [0.25, 0.3) is 21.9 Å². The summed E-state index contributed by atoms with van der Waals surface area (Å²) in [4.78, 5) is 9.24. The van der Waals surface area contributed by atoms with Crippen LogP contribution in [0.5, 0.6) is 0 Å². The summed E-state index contributed by atoms with van der Waals surface area (Å²) in [5.41, 5.74) is 3.15. The second kappa shape index (κ2) is 5.86. The van der Waals surface area contributed by atoms with Crippen molar-refractivity contribution in [3.8, 4) is 0 Å². The van der Waals surface area contributed by atoms with Crippen molar-refractivity contribution in [2.24, 2.45) is 0 Å². The largest absolute Gasteiger partial charge is 0.364 e. The number of aryl methyl sites for hydroxylation is 1. The Morgan fingerprint density at radius 1 is 1.25 bits per heavy atom. The van der Waals surface area contributed by atoms with Crippen LogP contribution in [0.15, 0.2) is 30.5 Å². The zero-order valence-corrected chi connectivity index (χ0v) is 12.7. The van der Waals surface area contributed by atoms with Gasteiger partial charge in [-0.15, -0.1) is 0 Å². The Balaban J connectivity index is 2.27. The van der Waals surface area contributed by atoms with E-state index >= 15 is 0 Å². The molecule has 0 amide bonds. The van der Waals surface area contributed by atoms with E-state index in [1.807, 2.05) is 24.4 Å². The minimum Gasteiger partial charge on any atom is -0.364 e. The minimum atomic E-state index is 0.656. The highest BCUT2D eigenvalue weighted by Gasteiger charge is 2.13. The third kappa shape index (κ3) is 2.30. The maximum absolute atomic E-state index is 5.16. The van der Waals surface area contributed by atoms with Gasteiger partial charge in [-0.1, -0.05) is 25.1 Å². The van der Waals surface area contributed by atoms with Crippen molar-refractivity contribution >= 4 is 31.4 Å². The highest BCUT2D eigenvalue weighted by molar-refractivity contribution is 7.09. The molecule has 0 saturated heterocycles. The molecule has 0 aliphatic carbocycles. The van der Waals surface area contributed by atoms with E-state index in [1.54, 1.807) is 0 Å². The first-order valence-corrected chi connectivity index (χ1v) is 7.36. The summed E-state index contributed by atoms with van der Waals surface area (Å²) in [6.45, 7) is 3.64. The molecule has 3 rings (SSSR count). The van der Waals surface area contributed by atoms with E-state index in [-0.39, 0.29) is 0 Å². The Kier molecular flexibility index (Phi) is 3.95. The van der Waals surface area contributed by atoms with Crippen molar-refractivity contribution in [3.63, 3.8) is 0 Å². The minimum absolute atomic E-state index is 0.656. The Bertz CT molecular complexity index is 738. The number of para-hydroxylation sites is 1. The molecule has 4 nitrogen and oxygen atoms in total. The van der Waals surface area contributed by atoms with Crippen molar-refractivity contribution in [2.45, 2.75) is 26.3 Å². The molecular formula is C15H18N3OP. The molecule has 5 heteroatoms. The van der Waals surface area contributed by atoms with Crippen LogP contribution in [0.3, 0.4) is 0 Å². The summed E-state index contributed by atoms with van der Waals surface area (Å²) in [7, 11) is 2.31. The van der Waals surface area contributed by atoms with Gasteiger partial charge in [-0.25, -0.2) is 4.98 Å². The average Bonchev–Trinajstić information content (AvgIpc) is 2.83. The normalized spacial score (nSPS) is 11.5. The van der Waals surface area contributed by atoms with Crippen LogP contribution in [-0.4, -0.2) is 21.1 Å². The first-order chi connectivity index (χ1) is 9.85. The first-order valence-electron chi connectivity index (χ1n) is 6.89. The van der Waals surface area contributed by atoms with Crippen molar-refractivity contribution in [2.75, 3.05) is 6.61 Å². The smallest absolute Gasteiger partial charge is 0.110 e. The van der Waals surface area contributed by atoms with Crippen molar-refractivity contribution in [1.82, 2.24) is 14.5 Å². The van der Waals surface area contributed by atoms with Gasteiger partial charge in [-0.2, -0.15) is 0 Å². The monoisotopic (exact) mass is 287 g/mol. The van der Waals surface area contributed by atoms with Crippen LogP contribution in [-0.2, 0) is 17.5 Å². The van der Waals surface area contributed by atoms with E-state index in [1.165, 1.54) is 5.52 Å². The molecule has 0 N–H and O–H groups in total. The van der Waals surface area contributed by atoms with Crippen LogP contribution in [0.4, 0.5) is 0 Å². The molecule has 1 atom stereocenters. The number of aromatic nitrogens is 3. The lowest BCUT2D eigenvalue weighted by molar-refractivity contribution is 0.346. The molecule has 0 radical (unpaired) electrons. The fraction of sp³-hybridized carbons (Fsp3) is 0.333. The van der Waals surface area contributed by atoms with Crippen LogP contribution >= 0.6 is 9.47 Å². The van der Waals surface area contributed by atoms with Crippen molar-refractivity contribution in [1.29, 1.82) is 0 Å². The molecule has 2 heterocycles. The zero-order chi connectivity index (χ0) is 13.9. The van der Waals surface area contributed by atoms with Gasteiger partial charge in [-0.05, 0) is 12.5 Å². The first kappa shape index (κ1) is 13.5. The summed E-state index contributed by atoms with van der Waals surface area (Å²) in [6, 6.07) is 8.21. The molecule has 0 aliphatic heterocycles. The van der Waals surface area contributed by atoms with Crippen LogP contribution in [0, 0.1) is 0 Å². The molecule has 1 aromatic carbocycles. The number of pyridine rings is 1. The van der Waals surface area contributed by atoms with Crippen molar-refractivity contribution in [3.05, 3.63) is 36.3 Å².